The summed E-state index contributed by atoms with van der Waals surface area (Å²) in [6.45, 7) is 6.74. The zero-order valence-corrected chi connectivity index (χ0v) is 17.6. The van der Waals surface area contributed by atoms with Crippen molar-refractivity contribution in [1.82, 2.24) is 19.7 Å². The van der Waals surface area contributed by atoms with E-state index in [9.17, 15) is 0 Å². The number of hydrogen-bond acceptors (Lipinski definition) is 8. The van der Waals surface area contributed by atoms with E-state index in [1.807, 2.05) is 10.9 Å². The molecule has 162 valence electrons. The second-order valence-corrected chi connectivity index (χ2v) is 8.94. The molecular formula is C21H30N6O3. The van der Waals surface area contributed by atoms with Gasteiger partial charge in [-0.15, -0.1) is 0 Å². The first-order valence-corrected chi connectivity index (χ1v) is 11.4. The predicted octanol–water partition coefficient (Wildman–Crippen LogP) is 2.12. The Balaban J connectivity index is 1.48. The predicted molar refractivity (Wildman–Crippen MR) is 112 cm³/mol. The molecule has 0 aromatic carbocycles. The fraction of sp³-hybridized carbons (Fsp3) is 0.762. The van der Waals surface area contributed by atoms with Gasteiger partial charge >= 0.3 is 0 Å². The minimum atomic E-state index is -0.0460. The van der Waals surface area contributed by atoms with E-state index in [2.05, 4.69) is 16.7 Å². The minimum absolute atomic E-state index is 0.0460. The number of nitrogens with zero attached hydrogens (tertiary/aromatic N) is 6. The normalized spacial score (nSPS) is 32.2. The van der Waals surface area contributed by atoms with Gasteiger partial charge in [0.2, 0.25) is 5.95 Å². The van der Waals surface area contributed by atoms with Crippen LogP contribution in [-0.4, -0.2) is 77.5 Å². The van der Waals surface area contributed by atoms with Gasteiger partial charge in [0.25, 0.3) is 0 Å². The molecule has 0 aliphatic carbocycles. The molecule has 4 aliphatic rings. The van der Waals surface area contributed by atoms with Gasteiger partial charge in [0.1, 0.15) is 5.82 Å². The molecule has 6 heterocycles. The quantitative estimate of drug-likeness (QED) is 0.756. The highest BCUT2D eigenvalue weighted by atomic mass is 16.5. The molecule has 2 aromatic heterocycles. The van der Waals surface area contributed by atoms with Gasteiger partial charge in [0.05, 0.1) is 56.1 Å². The molecule has 2 aromatic rings. The van der Waals surface area contributed by atoms with E-state index in [1.165, 1.54) is 0 Å². The Morgan fingerprint density at radius 1 is 0.967 bits per heavy atom. The van der Waals surface area contributed by atoms with Crippen molar-refractivity contribution in [2.45, 2.75) is 63.4 Å². The molecule has 9 nitrogen and oxygen atoms in total. The Morgan fingerprint density at radius 3 is 2.60 bits per heavy atom. The van der Waals surface area contributed by atoms with Crippen LogP contribution in [0.4, 0.5) is 11.8 Å². The van der Waals surface area contributed by atoms with Crippen LogP contribution < -0.4 is 9.80 Å². The summed E-state index contributed by atoms with van der Waals surface area (Å²) in [5, 5.41) is 5.73. The Hall–Kier alpha value is -1.97. The van der Waals surface area contributed by atoms with Crippen molar-refractivity contribution in [3.05, 3.63) is 6.20 Å². The minimum Gasteiger partial charge on any atom is -0.377 e. The van der Waals surface area contributed by atoms with E-state index in [-0.39, 0.29) is 12.3 Å². The fourth-order valence-corrected chi connectivity index (χ4v) is 5.36. The average molecular weight is 415 g/mol. The summed E-state index contributed by atoms with van der Waals surface area (Å²) >= 11 is 0. The maximum atomic E-state index is 6.05. The number of anilines is 2. The molecule has 0 saturated carbocycles. The molecule has 30 heavy (non-hydrogen) atoms. The Bertz CT molecular complexity index is 898. The standard InChI is InChI=1S/C21H30N6O3/c1-14-11-28-9-7-25(14)19-17-10-22-27(18-4-2-3-8-30-18)20(17)24-21(23-19)26-15-5-6-16(26)13-29-12-15/h10,14-16,18H,2-9,11-13H2,1H3/t14-,15?,16?,18?/m1/s1. The van der Waals surface area contributed by atoms with Crippen LogP contribution in [0.15, 0.2) is 6.20 Å². The molecular weight excluding hydrogens is 384 g/mol. The van der Waals surface area contributed by atoms with E-state index in [0.29, 0.717) is 25.3 Å². The van der Waals surface area contributed by atoms with Gasteiger partial charge in [-0.3, -0.25) is 0 Å². The lowest BCUT2D eigenvalue weighted by Gasteiger charge is -2.37. The molecule has 0 amide bonds. The molecule has 4 aliphatic heterocycles. The van der Waals surface area contributed by atoms with E-state index in [0.717, 1.165) is 81.3 Å². The molecule has 0 spiro atoms. The number of aromatic nitrogens is 4. The zero-order valence-electron chi connectivity index (χ0n) is 17.6. The highest BCUT2D eigenvalue weighted by Gasteiger charge is 2.40. The SMILES string of the molecule is C[C@@H]1COCCN1c1nc(N2C3CCC2COC3)nc2c1cnn2C1CCCCO1. The van der Waals surface area contributed by atoms with Crippen LogP contribution in [0.25, 0.3) is 11.0 Å². The zero-order chi connectivity index (χ0) is 20.1. The molecule has 9 heteroatoms. The third-order valence-electron chi connectivity index (χ3n) is 6.96. The monoisotopic (exact) mass is 414 g/mol. The number of rotatable bonds is 3. The van der Waals surface area contributed by atoms with Crippen LogP contribution in [0.1, 0.15) is 45.3 Å². The van der Waals surface area contributed by atoms with Crippen molar-refractivity contribution in [3.63, 3.8) is 0 Å². The Morgan fingerprint density at radius 2 is 1.83 bits per heavy atom. The number of morpholine rings is 2. The van der Waals surface area contributed by atoms with Crippen molar-refractivity contribution < 1.29 is 14.2 Å². The van der Waals surface area contributed by atoms with Gasteiger partial charge in [-0.25, -0.2) is 4.68 Å². The van der Waals surface area contributed by atoms with E-state index < -0.39 is 0 Å². The Labute approximate surface area is 176 Å². The van der Waals surface area contributed by atoms with Gasteiger partial charge in [-0.05, 0) is 39.0 Å². The van der Waals surface area contributed by atoms with Gasteiger partial charge < -0.3 is 24.0 Å². The lowest BCUT2D eigenvalue weighted by atomic mass is 10.2. The summed E-state index contributed by atoms with van der Waals surface area (Å²) in [4.78, 5) is 15.0. The summed E-state index contributed by atoms with van der Waals surface area (Å²) < 4.78 is 19.5. The van der Waals surface area contributed by atoms with Crippen molar-refractivity contribution in [2.24, 2.45) is 0 Å². The van der Waals surface area contributed by atoms with E-state index in [4.69, 9.17) is 29.3 Å². The third kappa shape index (κ3) is 3.06. The average Bonchev–Trinajstić information content (AvgIpc) is 3.32. The second-order valence-electron chi connectivity index (χ2n) is 8.94. The lowest BCUT2D eigenvalue weighted by Crippen LogP contribution is -2.47. The van der Waals surface area contributed by atoms with Crippen molar-refractivity contribution in [3.8, 4) is 0 Å². The smallest absolute Gasteiger partial charge is 0.230 e. The van der Waals surface area contributed by atoms with Crippen LogP contribution in [0.5, 0.6) is 0 Å². The van der Waals surface area contributed by atoms with Crippen LogP contribution in [0, 0.1) is 0 Å². The lowest BCUT2D eigenvalue weighted by molar-refractivity contribution is -0.0370. The highest BCUT2D eigenvalue weighted by Crippen LogP contribution is 2.37. The topological polar surface area (TPSA) is 77.8 Å². The van der Waals surface area contributed by atoms with Crippen LogP contribution in [-0.2, 0) is 14.2 Å². The second kappa shape index (κ2) is 7.62. The third-order valence-corrected chi connectivity index (χ3v) is 6.96. The molecule has 0 radical (unpaired) electrons. The molecule has 4 fully saturated rings. The summed E-state index contributed by atoms with van der Waals surface area (Å²) in [6, 6.07) is 0.984. The Kier molecular flexibility index (Phi) is 4.77. The van der Waals surface area contributed by atoms with E-state index >= 15 is 0 Å². The molecule has 2 bridgehead atoms. The molecule has 3 unspecified atom stereocenters. The van der Waals surface area contributed by atoms with Crippen LogP contribution in [0.3, 0.4) is 0 Å². The fourth-order valence-electron chi connectivity index (χ4n) is 5.36. The number of hydrogen-bond donors (Lipinski definition) is 0. The van der Waals surface area contributed by atoms with E-state index in [1.54, 1.807) is 0 Å². The maximum absolute atomic E-state index is 6.05. The van der Waals surface area contributed by atoms with Crippen LogP contribution in [0.2, 0.25) is 0 Å². The molecule has 0 N–H and O–H groups in total. The van der Waals surface area contributed by atoms with Crippen LogP contribution >= 0.6 is 0 Å². The highest BCUT2D eigenvalue weighted by molar-refractivity contribution is 5.88. The first-order chi connectivity index (χ1) is 14.8. The number of ether oxygens (including phenoxy) is 3. The van der Waals surface area contributed by atoms with Gasteiger partial charge in [-0.2, -0.15) is 15.1 Å². The molecule has 6 rings (SSSR count). The largest absolute Gasteiger partial charge is 0.377 e. The first kappa shape index (κ1) is 18.8. The van der Waals surface area contributed by atoms with Crippen molar-refractivity contribution in [1.29, 1.82) is 0 Å². The van der Waals surface area contributed by atoms with Gasteiger partial charge in [0.15, 0.2) is 11.9 Å². The molecule has 4 atom stereocenters. The van der Waals surface area contributed by atoms with Gasteiger partial charge in [-0.1, -0.05) is 0 Å². The summed E-state index contributed by atoms with van der Waals surface area (Å²) in [7, 11) is 0. The first-order valence-electron chi connectivity index (χ1n) is 11.4. The summed E-state index contributed by atoms with van der Waals surface area (Å²) in [5.41, 5.74) is 0.881. The maximum Gasteiger partial charge on any atom is 0.230 e. The van der Waals surface area contributed by atoms with Crippen molar-refractivity contribution >= 4 is 22.8 Å². The molecule has 4 saturated heterocycles. The summed E-state index contributed by atoms with van der Waals surface area (Å²) in [5.74, 6) is 1.78. The van der Waals surface area contributed by atoms with Gasteiger partial charge in [0, 0.05) is 13.2 Å². The number of fused-ring (bicyclic) bond motifs is 3. The summed E-state index contributed by atoms with van der Waals surface area (Å²) in [6.07, 6.45) is 7.40. The van der Waals surface area contributed by atoms with Crippen molar-refractivity contribution in [2.75, 3.05) is 49.4 Å².